The van der Waals surface area contributed by atoms with Crippen LogP contribution in [0.3, 0.4) is 0 Å². The third-order valence-corrected chi connectivity index (χ3v) is 4.03. The van der Waals surface area contributed by atoms with E-state index in [4.69, 9.17) is 0 Å². The van der Waals surface area contributed by atoms with Crippen LogP contribution < -0.4 is 5.32 Å². The van der Waals surface area contributed by atoms with E-state index in [0.717, 1.165) is 32.5 Å². The number of aryl methyl sites for hydroxylation is 1. The molecule has 1 aromatic rings. The first-order chi connectivity index (χ1) is 7.29. The molecule has 0 aliphatic carbocycles. The minimum atomic E-state index is 0.616. The van der Waals surface area contributed by atoms with Gasteiger partial charge in [0.05, 0.1) is 10.7 Å². The van der Waals surface area contributed by atoms with Crippen molar-refractivity contribution in [1.29, 1.82) is 0 Å². The monoisotopic (exact) mass is 225 g/mol. The molecular weight excluding hydrogens is 206 g/mol. The van der Waals surface area contributed by atoms with Gasteiger partial charge in [-0.25, -0.2) is 4.98 Å². The fourth-order valence-electron chi connectivity index (χ4n) is 1.94. The third-order valence-electron chi connectivity index (χ3n) is 2.99. The molecule has 0 bridgehead atoms. The van der Waals surface area contributed by atoms with Crippen LogP contribution in [0.1, 0.15) is 17.6 Å². The number of rotatable bonds is 3. The van der Waals surface area contributed by atoms with E-state index in [1.165, 1.54) is 10.7 Å². The Balaban J connectivity index is 1.95. The van der Waals surface area contributed by atoms with E-state index in [1.54, 1.807) is 11.3 Å². The van der Waals surface area contributed by atoms with Crippen LogP contribution in [0.5, 0.6) is 0 Å². The smallest absolute Gasteiger partial charge is 0.0925 e. The molecule has 1 unspecified atom stereocenters. The lowest BCUT2D eigenvalue weighted by Crippen LogP contribution is -2.50. The molecule has 2 heterocycles. The van der Waals surface area contributed by atoms with E-state index < -0.39 is 0 Å². The highest BCUT2D eigenvalue weighted by Crippen LogP contribution is 2.14. The van der Waals surface area contributed by atoms with Gasteiger partial charge in [-0.1, -0.05) is 6.92 Å². The Morgan fingerprint density at radius 2 is 2.53 bits per heavy atom. The average molecular weight is 225 g/mol. The number of nitrogens with one attached hydrogen (secondary N) is 1. The second-order valence-electron chi connectivity index (χ2n) is 4.13. The molecule has 3 nitrogen and oxygen atoms in total. The maximum atomic E-state index is 4.62. The van der Waals surface area contributed by atoms with E-state index in [0.29, 0.717) is 6.04 Å². The topological polar surface area (TPSA) is 28.2 Å². The maximum Gasteiger partial charge on any atom is 0.0925 e. The molecule has 1 saturated heterocycles. The highest BCUT2D eigenvalue weighted by Gasteiger charge is 2.19. The fraction of sp³-hybridized carbons (Fsp3) is 0.727. The second kappa shape index (κ2) is 5.05. The van der Waals surface area contributed by atoms with E-state index in [-0.39, 0.29) is 0 Å². The first-order valence-corrected chi connectivity index (χ1v) is 6.51. The predicted octanol–water partition coefficient (Wildman–Crippen LogP) is 1.15. The van der Waals surface area contributed by atoms with E-state index in [1.807, 2.05) is 0 Å². The number of aromatic nitrogens is 1. The standard InChI is InChI=1S/C11H19N3S/c1-3-11-13-9(8-15-11)6-10-7-12-4-5-14(10)2/h8,10,12H,3-7H2,1-2H3. The molecule has 1 aromatic heterocycles. The molecule has 1 N–H and O–H groups in total. The van der Waals surface area contributed by atoms with Crippen LogP contribution >= 0.6 is 11.3 Å². The molecule has 0 radical (unpaired) electrons. The van der Waals surface area contributed by atoms with Crippen LogP contribution in [-0.4, -0.2) is 42.6 Å². The van der Waals surface area contributed by atoms with Crippen molar-refractivity contribution in [3.8, 4) is 0 Å². The summed E-state index contributed by atoms with van der Waals surface area (Å²) in [6.07, 6.45) is 2.14. The van der Waals surface area contributed by atoms with Gasteiger partial charge in [-0.3, -0.25) is 0 Å². The molecule has 0 spiro atoms. The number of hydrogen-bond acceptors (Lipinski definition) is 4. The molecule has 1 aliphatic rings. The molecular formula is C11H19N3S. The number of nitrogens with zero attached hydrogens (tertiary/aromatic N) is 2. The summed E-state index contributed by atoms with van der Waals surface area (Å²) in [7, 11) is 2.21. The lowest BCUT2D eigenvalue weighted by atomic mass is 10.1. The minimum Gasteiger partial charge on any atom is -0.314 e. The largest absolute Gasteiger partial charge is 0.314 e. The Morgan fingerprint density at radius 3 is 3.20 bits per heavy atom. The number of hydrogen-bond donors (Lipinski definition) is 1. The SMILES string of the molecule is CCc1nc(CC2CNCCN2C)cs1. The highest BCUT2D eigenvalue weighted by molar-refractivity contribution is 7.09. The summed E-state index contributed by atoms with van der Waals surface area (Å²) in [6.45, 7) is 5.52. The van der Waals surface area contributed by atoms with Crippen molar-refractivity contribution < 1.29 is 0 Å². The number of piperazine rings is 1. The summed E-state index contributed by atoms with van der Waals surface area (Å²) in [5, 5.41) is 6.91. The van der Waals surface area contributed by atoms with Crippen molar-refractivity contribution in [3.05, 3.63) is 16.1 Å². The Bertz CT molecular complexity index is 311. The quantitative estimate of drug-likeness (QED) is 0.836. The molecule has 0 aromatic carbocycles. The van der Waals surface area contributed by atoms with Crippen molar-refractivity contribution in [2.45, 2.75) is 25.8 Å². The second-order valence-corrected chi connectivity index (χ2v) is 5.07. The molecule has 1 fully saturated rings. The molecule has 84 valence electrons. The zero-order chi connectivity index (χ0) is 10.7. The van der Waals surface area contributed by atoms with Crippen molar-refractivity contribution in [1.82, 2.24) is 15.2 Å². The number of likely N-dealkylation sites (N-methyl/N-ethyl adjacent to an activating group) is 1. The first-order valence-electron chi connectivity index (χ1n) is 5.64. The van der Waals surface area contributed by atoms with Gasteiger partial charge < -0.3 is 10.2 Å². The first kappa shape index (κ1) is 11.0. The zero-order valence-electron chi connectivity index (χ0n) is 9.49. The van der Waals surface area contributed by atoms with Crippen LogP contribution in [0.15, 0.2) is 5.38 Å². The highest BCUT2D eigenvalue weighted by atomic mass is 32.1. The lowest BCUT2D eigenvalue weighted by Gasteiger charge is -2.32. The van der Waals surface area contributed by atoms with Gasteiger partial charge in [-0.15, -0.1) is 11.3 Å². The molecule has 0 saturated carbocycles. The number of thiazole rings is 1. The van der Waals surface area contributed by atoms with E-state index >= 15 is 0 Å². The van der Waals surface area contributed by atoms with Gasteiger partial charge in [0.2, 0.25) is 0 Å². The molecule has 0 amide bonds. The van der Waals surface area contributed by atoms with Crippen LogP contribution in [-0.2, 0) is 12.8 Å². The molecule has 15 heavy (non-hydrogen) atoms. The minimum absolute atomic E-state index is 0.616. The van der Waals surface area contributed by atoms with E-state index in [9.17, 15) is 0 Å². The van der Waals surface area contributed by atoms with Crippen molar-refractivity contribution in [2.75, 3.05) is 26.7 Å². The summed E-state index contributed by atoms with van der Waals surface area (Å²) in [5.41, 5.74) is 1.26. The van der Waals surface area contributed by atoms with Gasteiger partial charge in [-0.2, -0.15) is 0 Å². The summed E-state index contributed by atoms with van der Waals surface area (Å²) < 4.78 is 0. The van der Waals surface area contributed by atoms with Crippen LogP contribution in [0.2, 0.25) is 0 Å². The van der Waals surface area contributed by atoms with Gasteiger partial charge in [0.25, 0.3) is 0 Å². The Hall–Kier alpha value is -0.450. The van der Waals surface area contributed by atoms with Crippen molar-refractivity contribution in [2.24, 2.45) is 0 Å². The van der Waals surface area contributed by atoms with Crippen LogP contribution in [0, 0.1) is 0 Å². The third kappa shape index (κ3) is 2.77. The van der Waals surface area contributed by atoms with Gasteiger partial charge >= 0.3 is 0 Å². The normalized spacial score (nSPS) is 23.2. The van der Waals surface area contributed by atoms with Gasteiger partial charge in [0, 0.05) is 37.5 Å². The molecule has 4 heteroatoms. The molecule has 1 atom stereocenters. The van der Waals surface area contributed by atoms with Crippen LogP contribution in [0.4, 0.5) is 0 Å². The molecule has 2 rings (SSSR count). The zero-order valence-corrected chi connectivity index (χ0v) is 10.3. The van der Waals surface area contributed by atoms with Gasteiger partial charge in [0.1, 0.15) is 0 Å². The Morgan fingerprint density at radius 1 is 1.67 bits per heavy atom. The predicted molar refractivity (Wildman–Crippen MR) is 64.5 cm³/mol. The van der Waals surface area contributed by atoms with Gasteiger partial charge in [0.15, 0.2) is 0 Å². The summed E-state index contributed by atoms with van der Waals surface area (Å²) in [6, 6.07) is 0.616. The molecule has 1 aliphatic heterocycles. The summed E-state index contributed by atoms with van der Waals surface area (Å²) in [4.78, 5) is 7.05. The van der Waals surface area contributed by atoms with Crippen molar-refractivity contribution >= 4 is 11.3 Å². The Kier molecular flexibility index (Phi) is 3.72. The van der Waals surface area contributed by atoms with Crippen molar-refractivity contribution in [3.63, 3.8) is 0 Å². The lowest BCUT2D eigenvalue weighted by molar-refractivity contribution is 0.198. The van der Waals surface area contributed by atoms with Crippen LogP contribution in [0.25, 0.3) is 0 Å². The Labute approximate surface area is 95.5 Å². The summed E-state index contributed by atoms with van der Waals surface area (Å²) in [5.74, 6) is 0. The van der Waals surface area contributed by atoms with Gasteiger partial charge in [-0.05, 0) is 13.5 Å². The average Bonchev–Trinajstić information content (AvgIpc) is 2.69. The summed E-state index contributed by atoms with van der Waals surface area (Å²) >= 11 is 1.79. The maximum absolute atomic E-state index is 4.62. The van der Waals surface area contributed by atoms with E-state index in [2.05, 4.69) is 34.6 Å². The fourth-order valence-corrected chi connectivity index (χ4v) is 2.69.